The minimum absolute atomic E-state index is 0.159. The fourth-order valence-corrected chi connectivity index (χ4v) is 2.91. The summed E-state index contributed by atoms with van der Waals surface area (Å²) in [4.78, 5) is 26.7. The van der Waals surface area contributed by atoms with Crippen molar-refractivity contribution < 1.29 is 9.59 Å². The Morgan fingerprint density at radius 3 is 2.48 bits per heavy atom. The van der Waals surface area contributed by atoms with Gasteiger partial charge in [-0.15, -0.1) is 11.8 Å². The SMILES string of the molecule is CCCCN(C)C(=O)CSc1ccc(C(=O)C2CC2)cc1. The third-order valence-corrected chi connectivity index (χ3v) is 4.72. The second kappa shape index (κ2) is 7.64. The van der Waals surface area contributed by atoms with Crippen LogP contribution in [-0.2, 0) is 4.79 Å². The van der Waals surface area contributed by atoms with Gasteiger partial charge in [-0.05, 0) is 31.4 Å². The lowest BCUT2D eigenvalue weighted by Crippen LogP contribution is -2.29. The molecule has 0 radical (unpaired) electrons. The predicted molar refractivity (Wildman–Crippen MR) is 86.8 cm³/mol. The molecule has 114 valence electrons. The summed E-state index contributed by atoms with van der Waals surface area (Å²) in [6.07, 6.45) is 4.22. The number of hydrogen-bond donors (Lipinski definition) is 0. The minimum atomic E-state index is 0.159. The number of hydrogen-bond acceptors (Lipinski definition) is 3. The highest BCUT2D eigenvalue weighted by molar-refractivity contribution is 8.00. The molecular weight excluding hydrogens is 282 g/mol. The van der Waals surface area contributed by atoms with Gasteiger partial charge in [-0.1, -0.05) is 25.5 Å². The first-order valence-electron chi connectivity index (χ1n) is 7.63. The van der Waals surface area contributed by atoms with Crippen molar-refractivity contribution in [1.82, 2.24) is 4.90 Å². The summed E-state index contributed by atoms with van der Waals surface area (Å²) >= 11 is 1.53. The number of carbonyl (C=O) groups is 2. The molecule has 1 aromatic carbocycles. The third-order valence-electron chi connectivity index (χ3n) is 3.72. The molecule has 0 aromatic heterocycles. The van der Waals surface area contributed by atoms with Crippen molar-refractivity contribution in [3.05, 3.63) is 29.8 Å². The summed E-state index contributed by atoms with van der Waals surface area (Å²) in [5.74, 6) is 1.14. The van der Waals surface area contributed by atoms with Crippen molar-refractivity contribution >= 4 is 23.5 Å². The Morgan fingerprint density at radius 1 is 1.24 bits per heavy atom. The van der Waals surface area contributed by atoms with Crippen LogP contribution >= 0.6 is 11.8 Å². The van der Waals surface area contributed by atoms with E-state index in [2.05, 4.69) is 6.92 Å². The van der Waals surface area contributed by atoms with Crippen LogP contribution in [0.15, 0.2) is 29.2 Å². The van der Waals surface area contributed by atoms with E-state index in [1.54, 1.807) is 4.90 Å². The number of benzene rings is 1. The summed E-state index contributed by atoms with van der Waals surface area (Å²) < 4.78 is 0. The van der Waals surface area contributed by atoms with Crippen molar-refractivity contribution in [1.29, 1.82) is 0 Å². The molecule has 1 aliphatic rings. The maximum atomic E-state index is 11.9. The number of carbonyl (C=O) groups excluding carboxylic acids is 2. The summed E-state index contributed by atoms with van der Waals surface area (Å²) in [7, 11) is 1.86. The lowest BCUT2D eigenvalue weighted by atomic mass is 10.1. The molecule has 0 saturated heterocycles. The molecule has 21 heavy (non-hydrogen) atoms. The Kier molecular flexibility index (Phi) is 5.85. The van der Waals surface area contributed by atoms with E-state index in [0.717, 1.165) is 42.7 Å². The van der Waals surface area contributed by atoms with Gasteiger partial charge in [0, 0.05) is 30.0 Å². The highest BCUT2D eigenvalue weighted by Gasteiger charge is 2.30. The quantitative estimate of drug-likeness (QED) is 0.543. The zero-order chi connectivity index (χ0) is 15.2. The first kappa shape index (κ1) is 16.1. The highest BCUT2D eigenvalue weighted by Crippen LogP contribution is 2.33. The number of thioether (sulfide) groups is 1. The van der Waals surface area contributed by atoms with Crippen LogP contribution < -0.4 is 0 Å². The molecule has 0 N–H and O–H groups in total. The number of Topliss-reactive ketones (excluding diaryl/α,β-unsaturated/α-hetero) is 1. The van der Waals surface area contributed by atoms with Crippen LogP contribution in [0, 0.1) is 5.92 Å². The second-order valence-corrected chi connectivity index (χ2v) is 6.67. The third kappa shape index (κ3) is 4.88. The molecule has 0 unspecified atom stereocenters. The molecule has 0 spiro atoms. The van der Waals surface area contributed by atoms with Gasteiger partial charge in [0.1, 0.15) is 0 Å². The van der Waals surface area contributed by atoms with Crippen molar-refractivity contribution in [2.45, 2.75) is 37.5 Å². The van der Waals surface area contributed by atoms with Gasteiger partial charge in [0.05, 0.1) is 5.75 Å². The number of rotatable bonds is 8. The van der Waals surface area contributed by atoms with Gasteiger partial charge in [-0.2, -0.15) is 0 Å². The van der Waals surface area contributed by atoms with Gasteiger partial charge in [-0.25, -0.2) is 0 Å². The molecular formula is C17H23NO2S. The normalized spacial score (nSPS) is 14.0. The zero-order valence-electron chi connectivity index (χ0n) is 12.8. The van der Waals surface area contributed by atoms with Crippen LogP contribution in [0.5, 0.6) is 0 Å². The van der Waals surface area contributed by atoms with E-state index in [9.17, 15) is 9.59 Å². The Hall–Kier alpha value is -1.29. The van der Waals surface area contributed by atoms with E-state index in [1.165, 1.54) is 11.8 Å². The maximum Gasteiger partial charge on any atom is 0.232 e. The molecule has 1 saturated carbocycles. The number of ketones is 1. The van der Waals surface area contributed by atoms with E-state index in [0.29, 0.717) is 5.75 Å². The van der Waals surface area contributed by atoms with Crippen LogP contribution in [0.2, 0.25) is 0 Å². The van der Waals surface area contributed by atoms with Crippen LogP contribution in [0.1, 0.15) is 43.0 Å². The van der Waals surface area contributed by atoms with E-state index in [-0.39, 0.29) is 17.6 Å². The van der Waals surface area contributed by atoms with Gasteiger partial charge in [0.2, 0.25) is 5.91 Å². The Balaban J connectivity index is 1.80. The molecule has 0 atom stereocenters. The molecule has 2 rings (SSSR count). The minimum Gasteiger partial charge on any atom is -0.345 e. The molecule has 0 aliphatic heterocycles. The molecule has 4 heteroatoms. The fraction of sp³-hybridized carbons (Fsp3) is 0.529. The average molecular weight is 305 g/mol. The van der Waals surface area contributed by atoms with Crippen molar-refractivity contribution in [2.24, 2.45) is 5.92 Å². The zero-order valence-corrected chi connectivity index (χ0v) is 13.6. The van der Waals surface area contributed by atoms with E-state index in [4.69, 9.17) is 0 Å². The topological polar surface area (TPSA) is 37.4 Å². The molecule has 0 bridgehead atoms. The standard InChI is InChI=1S/C17H23NO2S/c1-3-4-11-18(2)16(19)12-21-15-9-7-14(8-10-15)17(20)13-5-6-13/h7-10,13H,3-6,11-12H2,1-2H3. The van der Waals surface area contributed by atoms with Gasteiger partial charge in [-0.3, -0.25) is 9.59 Å². The first-order chi connectivity index (χ1) is 10.1. The van der Waals surface area contributed by atoms with Crippen molar-refractivity contribution in [3.63, 3.8) is 0 Å². The molecule has 1 amide bonds. The van der Waals surface area contributed by atoms with Crippen molar-refractivity contribution in [3.8, 4) is 0 Å². The van der Waals surface area contributed by atoms with Crippen LogP contribution in [-0.4, -0.2) is 35.9 Å². The van der Waals surface area contributed by atoms with Gasteiger partial charge in [0.25, 0.3) is 0 Å². The predicted octanol–water partition coefficient (Wildman–Crippen LogP) is 3.63. The van der Waals surface area contributed by atoms with Crippen LogP contribution in [0.25, 0.3) is 0 Å². The van der Waals surface area contributed by atoms with Crippen LogP contribution in [0.3, 0.4) is 0 Å². The molecule has 1 aromatic rings. The summed E-state index contributed by atoms with van der Waals surface area (Å²) in [6.45, 7) is 2.95. The Morgan fingerprint density at radius 2 is 1.90 bits per heavy atom. The summed E-state index contributed by atoms with van der Waals surface area (Å²) in [6, 6.07) is 7.65. The summed E-state index contributed by atoms with van der Waals surface area (Å²) in [5, 5.41) is 0. The lowest BCUT2D eigenvalue weighted by Gasteiger charge is -2.16. The van der Waals surface area contributed by atoms with Gasteiger partial charge in [0.15, 0.2) is 5.78 Å². The Bertz CT molecular complexity index is 494. The van der Waals surface area contributed by atoms with Crippen LogP contribution in [0.4, 0.5) is 0 Å². The second-order valence-electron chi connectivity index (χ2n) is 5.62. The first-order valence-corrected chi connectivity index (χ1v) is 8.61. The lowest BCUT2D eigenvalue weighted by molar-refractivity contribution is -0.127. The summed E-state index contributed by atoms with van der Waals surface area (Å²) in [5.41, 5.74) is 0.799. The fourth-order valence-electron chi connectivity index (χ4n) is 2.07. The molecule has 0 heterocycles. The van der Waals surface area contributed by atoms with E-state index < -0.39 is 0 Å². The van der Waals surface area contributed by atoms with E-state index >= 15 is 0 Å². The molecule has 3 nitrogen and oxygen atoms in total. The Labute approximate surface area is 131 Å². The maximum absolute atomic E-state index is 11.9. The van der Waals surface area contributed by atoms with E-state index in [1.807, 2.05) is 31.3 Å². The number of unbranched alkanes of at least 4 members (excludes halogenated alkanes) is 1. The van der Waals surface area contributed by atoms with Gasteiger partial charge < -0.3 is 4.90 Å². The van der Waals surface area contributed by atoms with Crippen molar-refractivity contribution in [2.75, 3.05) is 19.3 Å². The number of amides is 1. The smallest absolute Gasteiger partial charge is 0.232 e. The monoisotopic (exact) mass is 305 g/mol. The molecule has 1 aliphatic carbocycles. The number of nitrogens with zero attached hydrogens (tertiary/aromatic N) is 1. The average Bonchev–Trinajstić information content (AvgIpc) is 3.34. The molecule has 1 fully saturated rings. The largest absolute Gasteiger partial charge is 0.345 e. The highest BCUT2D eigenvalue weighted by atomic mass is 32.2. The van der Waals surface area contributed by atoms with Gasteiger partial charge >= 0.3 is 0 Å².